The summed E-state index contributed by atoms with van der Waals surface area (Å²) in [6.45, 7) is 2.08. The number of carbonyl (C=O) groups is 1. The molecule has 0 radical (unpaired) electrons. The van der Waals surface area contributed by atoms with E-state index < -0.39 is 0 Å². The van der Waals surface area contributed by atoms with Crippen LogP contribution in [0.1, 0.15) is 26.4 Å². The lowest BCUT2D eigenvalue weighted by molar-refractivity contribution is 0.112. The molecule has 1 aromatic heterocycles. The quantitative estimate of drug-likeness (QED) is 0.632. The Morgan fingerprint density at radius 1 is 1.05 bits per heavy atom. The van der Waals surface area contributed by atoms with E-state index in [0.717, 1.165) is 28.5 Å². The van der Waals surface area contributed by atoms with E-state index >= 15 is 0 Å². The van der Waals surface area contributed by atoms with Gasteiger partial charge in [-0.2, -0.15) is 0 Å². The summed E-state index contributed by atoms with van der Waals surface area (Å²) in [5, 5.41) is 1.07. The van der Waals surface area contributed by atoms with E-state index in [2.05, 4.69) is 37.3 Å². The van der Waals surface area contributed by atoms with Gasteiger partial charge in [-0.3, -0.25) is 4.79 Å². The highest BCUT2D eigenvalue weighted by atomic mass is 32.1. The van der Waals surface area contributed by atoms with Gasteiger partial charge < -0.3 is 0 Å². The fourth-order valence-corrected chi connectivity index (χ4v) is 3.47. The molecule has 0 bridgehead atoms. The molecule has 3 rings (SSSR count). The standard InChI is InChI=1S/C17H14OS/c1-12-6-8-13(9-7-12)10-17-15(11-18)14-4-2-3-5-16(14)19-17/h2-9,11H,10H2,1H3. The first-order valence-electron chi connectivity index (χ1n) is 6.29. The molecule has 0 aliphatic carbocycles. The molecular weight excluding hydrogens is 252 g/mol. The molecule has 1 heterocycles. The number of carbonyl (C=O) groups excluding carboxylic acids is 1. The monoisotopic (exact) mass is 266 g/mol. The van der Waals surface area contributed by atoms with Gasteiger partial charge in [0.1, 0.15) is 0 Å². The molecule has 2 aromatic carbocycles. The van der Waals surface area contributed by atoms with E-state index in [1.807, 2.05) is 18.2 Å². The van der Waals surface area contributed by atoms with Crippen molar-refractivity contribution in [2.24, 2.45) is 0 Å². The van der Waals surface area contributed by atoms with Crippen LogP contribution in [0.25, 0.3) is 10.1 Å². The highest BCUT2D eigenvalue weighted by Gasteiger charge is 2.11. The van der Waals surface area contributed by atoms with Gasteiger partial charge in [-0.05, 0) is 18.6 Å². The topological polar surface area (TPSA) is 17.1 Å². The van der Waals surface area contributed by atoms with Crippen molar-refractivity contribution in [2.45, 2.75) is 13.3 Å². The SMILES string of the molecule is Cc1ccc(Cc2sc3ccccc3c2C=O)cc1. The molecule has 0 saturated heterocycles. The van der Waals surface area contributed by atoms with Crippen molar-refractivity contribution >= 4 is 27.7 Å². The maximum atomic E-state index is 11.4. The van der Waals surface area contributed by atoms with Gasteiger partial charge in [-0.15, -0.1) is 11.3 Å². The molecule has 0 spiro atoms. The van der Waals surface area contributed by atoms with Gasteiger partial charge >= 0.3 is 0 Å². The predicted octanol–water partition coefficient (Wildman–Crippen LogP) is 4.61. The second-order valence-electron chi connectivity index (χ2n) is 4.72. The fourth-order valence-electron chi connectivity index (χ4n) is 2.27. The van der Waals surface area contributed by atoms with E-state index in [1.165, 1.54) is 15.8 Å². The first kappa shape index (κ1) is 12.1. The van der Waals surface area contributed by atoms with E-state index in [0.29, 0.717) is 0 Å². The van der Waals surface area contributed by atoms with Gasteiger partial charge in [0.05, 0.1) is 0 Å². The summed E-state index contributed by atoms with van der Waals surface area (Å²) in [6, 6.07) is 16.6. The van der Waals surface area contributed by atoms with Crippen molar-refractivity contribution in [3.05, 3.63) is 70.1 Å². The summed E-state index contributed by atoms with van der Waals surface area (Å²) < 4.78 is 1.19. The molecular formula is C17H14OS. The highest BCUT2D eigenvalue weighted by Crippen LogP contribution is 2.31. The smallest absolute Gasteiger partial charge is 0.151 e. The van der Waals surface area contributed by atoms with Gasteiger partial charge in [0.2, 0.25) is 0 Å². The van der Waals surface area contributed by atoms with Gasteiger partial charge in [0.25, 0.3) is 0 Å². The molecule has 19 heavy (non-hydrogen) atoms. The Bertz CT molecular complexity index is 723. The second kappa shape index (κ2) is 4.98. The zero-order valence-electron chi connectivity index (χ0n) is 10.7. The van der Waals surface area contributed by atoms with Crippen LogP contribution in [0.3, 0.4) is 0 Å². The Kier molecular flexibility index (Phi) is 3.18. The third-order valence-electron chi connectivity index (χ3n) is 3.31. The molecule has 0 unspecified atom stereocenters. The average molecular weight is 266 g/mol. The van der Waals surface area contributed by atoms with Gasteiger partial charge in [-0.25, -0.2) is 0 Å². The molecule has 0 atom stereocenters. The molecule has 0 aliphatic heterocycles. The van der Waals surface area contributed by atoms with Gasteiger partial charge in [-0.1, -0.05) is 48.0 Å². The maximum absolute atomic E-state index is 11.4. The van der Waals surface area contributed by atoms with Crippen molar-refractivity contribution < 1.29 is 4.79 Å². The van der Waals surface area contributed by atoms with Crippen LogP contribution in [0.5, 0.6) is 0 Å². The van der Waals surface area contributed by atoms with Crippen LogP contribution < -0.4 is 0 Å². The molecule has 0 saturated carbocycles. The van der Waals surface area contributed by atoms with Crippen LogP contribution in [-0.4, -0.2) is 6.29 Å². The number of thiophene rings is 1. The van der Waals surface area contributed by atoms with Crippen molar-refractivity contribution in [2.75, 3.05) is 0 Å². The lowest BCUT2D eigenvalue weighted by Gasteiger charge is -2.01. The Morgan fingerprint density at radius 2 is 1.79 bits per heavy atom. The second-order valence-corrected chi connectivity index (χ2v) is 5.85. The highest BCUT2D eigenvalue weighted by molar-refractivity contribution is 7.19. The van der Waals surface area contributed by atoms with Crippen molar-refractivity contribution in [3.8, 4) is 0 Å². The average Bonchev–Trinajstić information content (AvgIpc) is 2.78. The number of fused-ring (bicyclic) bond motifs is 1. The first-order valence-corrected chi connectivity index (χ1v) is 7.10. The van der Waals surface area contributed by atoms with Crippen LogP contribution >= 0.6 is 11.3 Å². The zero-order valence-corrected chi connectivity index (χ0v) is 11.5. The fraction of sp³-hybridized carbons (Fsp3) is 0.118. The van der Waals surface area contributed by atoms with Crippen LogP contribution in [0.4, 0.5) is 0 Å². The number of aryl methyl sites for hydroxylation is 1. The summed E-state index contributed by atoms with van der Waals surface area (Å²) >= 11 is 1.72. The third kappa shape index (κ3) is 2.32. The summed E-state index contributed by atoms with van der Waals surface area (Å²) in [7, 11) is 0. The van der Waals surface area contributed by atoms with Gasteiger partial charge in [0.15, 0.2) is 6.29 Å². The van der Waals surface area contributed by atoms with Crippen LogP contribution in [-0.2, 0) is 6.42 Å². The molecule has 0 N–H and O–H groups in total. The number of rotatable bonds is 3. The molecule has 3 aromatic rings. The molecule has 2 heteroatoms. The molecule has 1 nitrogen and oxygen atoms in total. The van der Waals surface area contributed by atoms with Crippen molar-refractivity contribution in [3.63, 3.8) is 0 Å². The van der Waals surface area contributed by atoms with Crippen LogP contribution in [0.15, 0.2) is 48.5 Å². The van der Waals surface area contributed by atoms with E-state index in [-0.39, 0.29) is 0 Å². The number of aldehydes is 1. The van der Waals surface area contributed by atoms with Crippen molar-refractivity contribution in [1.29, 1.82) is 0 Å². The van der Waals surface area contributed by atoms with Crippen molar-refractivity contribution in [1.82, 2.24) is 0 Å². The summed E-state index contributed by atoms with van der Waals surface area (Å²) in [5.41, 5.74) is 3.36. The largest absolute Gasteiger partial charge is 0.298 e. The Balaban J connectivity index is 2.05. The lowest BCUT2D eigenvalue weighted by Crippen LogP contribution is -1.89. The normalized spacial score (nSPS) is 10.8. The minimum Gasteiger partial charge on any atom is -0.298 e. The summed E-state index contributed by atoms with van der Waals surface area (Å²) in [4.78, 5) is 12.5. The van der Waals surface area contributed by atoms with Gasteiger partial charge in [0, 0.05) is 26.9 Å². The molecule has 0 amide bonds. The molecule has 94 valence electrons. The van der Waals surface area contributed by atoms with Crippen LogP contribution in [0, 0.1) is 6.92 Å². The minimum atomic E-state index is 0.827. The maximum Gasteiger partial charge on any atom is 0.151 e. The van der Waals surface area contributed by atoms with E-state index in [1.54, 1.807) is 11.3 Å². The Labute approximate surface area is 116 Å². The van der Waals surface area contributed by atoms with E-state index in [9.17, 15) is 4.79 Å². The zero-order chi connectivity index (χ0) is 13.2. The predicted molar refractivity (Wildman–Crippen MR) is 81.2 cm³/mol. The summed E-state index contributed by atoms with van der Waals surface area (Å²) in [5.74, 6) is 0. The van der Waals surface area contributed by atoms with Crippen LogP contribution in [0.2, 0.25) is 0 Å². The number of hydrogen-bond donors (Lipinski definition) is 0. The third-order valence-corrected chi connectivity index (χ3v) is 4.50. The first-order chi connectivity index (χ1) is 9.28. The Hall–Kier alpha value is -1.93. The Morgan fingerprint density at radius 3 is 2.53 bits per heavy atom. The molecule has 0 aliphatic rings. The molecule has 0 fully saturated rings. The number of hydrogen-bond acceptors (Lipinski definition) is 2. The minimum absolute atomic E-state index is 0.827. The van der Waals surface area contributed by atoms with E-state index in [4.69, 9.17) is 0 Å². The lowest BCUT2D eigenvalue weighted by atomic mass is 10.1. The number of benzene rings is 2. The summed E-state index contributed by atoms with van der Waals surface area (Å²) in [6.07, 6.45) is 1.82.